The lowest BCUT2D eigenvalue weighted by Gasteiger charge is -2.11. The molecule has 2 aromatic heterocycles. The van der Waals surface area contributed by atoms with Gasteiger partial charge in [-0.25, -0.2) is 14.8 Å². The summed E-state index contributed by atoms with van der Waals surface area (Å²) in [5.74, 6) is 0.737. The van der Waals surface area contributed by atoms with Gasteiger partial charge in [0.1, 0.15) is 5.69 Å². The number of benzene rings is 1. The van der Waals surface area contributed by atoms with Gasteiger partial charge in [0.2, 0.25) is 0 Å². The quantitative estimate of drug-likeness (QED) is 0.799. The molecule has 0 saturated heterocycles. The number of para-hydroxylation sites is 1. The van der Waals surface area contributed by atoms with Crippen molar-refractivity contribution in [2.45, 2.75) is 13.3 Å². The highest BCUT2D eigenvalue weighted by molar-refractivity contribution is 5.99. The number of fused-ring (bicyclic) bond motifs is 1. The number of ether oxygens (including phenoxy) is 1. The summed E-state index contributed by atoms with van der Waals surface area (Å²) in [5, 5.41) is 3.66. The van der Waals surface area contributed by atoms with Crippen LogP contribution in [0.4, 0.5) is 10.5 Å². The Labute approximate surface area is 134 Å². The minimum Gasteiger partial charge on any atom is -0.449 e. The van der Waals surface area contributed by atoms with Gasteiger partial charge in [0.25, 0.3) is 0 Å². The van der Waals surface area contributed by atoms with E-state index < -0.39 is 6.09 Å². The van der Waals surface area contributed by atoms with Crippen LogP contribution in [0.1, 0.15) is 13.3 Å². The molecule has 0 aliphatic carbocycles. The van der Waals surface area contributed by atoms with Crippen molar-refractivity contribution in [3.8, 4) is 11.5 Å². The molecule has 6 heteroatoms. The molecule has 0 aliphatic heterocycles. The molecule has 0 fully saturated rings. The molecular formula is C17H18N4O2. The van der Waals surface area contributed by atoms with Crippen molar-refractivity contribution < 1.29 is 9.53 Å². The molecule has 23 heavy (non-hydrogen) atoms. The number of hydrogen-bond donors (Lipinski definition) is 1. The fraction of sp³-hybridized carbons (Fsp3) is 0.235. The zero-order valence-electron chi connectivity index (χ0n) is 13.1. The van der Waals surface area contributed by atoms with Crippen molar-refractivity contribution in [3.63, 3.8) is 0 Å². The van der Waals surface area contributed by atoms with Gasteiger partial charge in [-0.05, 0) is 18.6 Å². The Hall–Kier alpha value is -2.89. The number of amides is 1. The summed E-state index contributed by atoms with van der Waals surface area (Å²) in [4.78, 5) is 20.9. The number of pyridine rings is 1. The van der Waals surface area contributed by atoms with E-state index in [9.17, 15) is 4.79 Å². The Morgan fingerprint density at radius 2 is 2.17 bits per heavy atom. The lowest BCUT2D eigenvalue weighted by Crippen LogP contribution is -2.14. The van der Waals surface area contributed by atoms with E-state index >= 15 is 0 Å². The van der Waals surface area contributed by atoms with Gasteiger partial charge in [0.05, 0.1) is 17.8 Å². The monoisotopic (exact) mass is 310 g/mol. The average molecular weight is 310 g/mol. The summed E-state index contributed by atoms with van der Waals surface area (Å²) in [6, 6.07) is 9.46. The van der Waals surface area contributed by atoms with Crippen LogP contribution in [0.15, 0.2) is 42.7 Å². The van der Waals surface area contributed by atoms with Crippen LogP contribution in [0, 0.1) is 0 Å². The normalized spacial score (nSPS) is 10.7. The lowest BCUT2D eigenvalue weighted by molar-refractivity contribution is 0.162. The molecule has 0 unspecified atom stereocenters. The third-order valence-electron chi connectivity index (χ3n) is 3.44. The number of aryl methyl sites for hydroxylation is 1. The van der Waals surface area contributed by atoms with Gasteiger partial charge < -0.3 is 9.30 Å². The van der Waals surface area contributed by atoms with E-state index in [1.54, 1.807) is 6.20 Å². The van der Waals surface area contributed by atoms with Gasteiger partial charge in [0.15, 0.2) is 5.82 Å². The molecule has 118 valence electrons. The highest BCUT2D eigenvalue weighted by Gasteiger charge is 2.12. The van der Waals surface area contributed by atoms with E-state index in [2.05, 4.69) is 15.3 Å². The predicted molar refractivity (Wildman–Crippen MR) is 89.2 cm³/mol. The number of imidazole rings is 1. The highest BCUT2D eigenvalue weighted by atomic mass is 16.5. The number of aromatic nitrogens is 3. The number of hydrogen-bond acceptors (Lipinski definition) is 4. The van der Waals surface area contributed by atoms with Crippen LogP contribution in [0.5, 0.6) is 0 Å². The summed E-state index contributed by atoms with van der Waals surface area (Å²) in [7, 11) is 1.90. The van der Waals surface area contributed by atoms with Crippen LogP contribution >= 0.6 is 0 Å². The number of rotatable bonds is 4. The Bertz CT molecular complexity index is 841. The molecule has 0 aliphatic rings. The number of carbonyl (C=O) groups is 1. The topological polar surface area (TPSA) is 69.0 Å². The van der Waals surface area contributed by atoms with Crippen molar-refractivity contribution in [1.29, 1.82) is 0 Å². The molecule has 3 aromatic rings. The van der Waals surface area contributed by atoms with Crippen LogP contribution in [-0.2, 0) is 11.8 Å². The van der Waals surface area contributed by atoms with Crippen molar-refractivity contribution in [1.82, 2.24) is 14.5 Å². The second-order valence-corrected chi connectivity index (χ2v) is 5.19. The summed E-state index contributed by atoms with van der Waals surface area (Å²) in [6.45, 7) is 2.34. The number of carbonyl (C=O) groups excluding carboxylic acids is 1. The van der Waals surface area contributed by atoms with Crippen molar-refractivity contribution in [2.24, 2.45) is 7.05 Å². The molecule has 1 aromatic carbocycles. The van der Waals surface area contributed by atoms with Gasteiger partial charge in [-0.1, -0.05) is 25.1 Å². The van der Waals surface area contributed by atoms with Crippen LogP contribution in [0.2, 0.25) is 0 Å². The minimum atomic E-state index is -0.464. The fourth-order valence-corrected chi connectivity index (χ4v) is 2.35. The minimum absolute atomic E-state index is 0.390. The van der Waals surface area contributed by atoms with Gasteiger partial charge in [0, 0.05) is 24.8 Å². The first-order valence-corrected chi connectivity index (χ1v) is 7.50. The SMILES string of the molecule is CCCOC(=O)Nc1cc(-c2nccn2C)nc2ccccc12. The third kappa shape index (κ3) is 3.15. The van der Waals surface area contributed by atoms with E-state index in [-0.39, 0.29) is 0 Å². The number of nitrogens with zero attached hydrogens (tertiary/aromatic N) is 3. The van der Waals surface area contributed by atoms with E-state index in [1.807, 2.05) is 55.1 Å². The smallest absolute Gasteiger partial charge is 0.411 e. The molecule has 1 amide bonds. The molecule has 0 atom stereocenters. The summed E-state index contributed by atoms with van der Waals surface area (Å²) in [5.41, 5.74) is 2.15. The molecule has 1 N–H and O–H groups in total. The molecule has 0 spiro atoms. The molecule has 2 heterocycles. The standard InChI is InChI=1S/C17H18N4O2/c1-3-10-23-17(22)20-14-11-15(16-18-8-9-21(16)2)19-13-7-5-4-6-12(13)14/h4-9,11H,3,10H2,1-2H3,(H,19,20,22). The van der Waals surface area contributed by atoms with Crippen molar-refractivity contribution in [3.05, 3.63) is 42.7 Å². The van der Waals surface area contributed by atoms with Gasteiger partial charge in [-0.3, -0.25) is 5.32 Å². The first kappa shape index (κ1) is 15.0. The summed E-state index contributed by atoms with van der Waals surface area (Å²) < 4.78 is 6.99. The second-order valence-electron chi connectivity index (χ2n) is 5.19. The predicted octanol–water partition coefficient (Wildman–Crippen LogP) is 3.59. The van der Waals surface area contributed by atoms with Gasteiger partial charge >= 0.3 is 6.09 Å². The maximum absolute atomic E-state index is 11.9. The fourth-order valence-electron chi connectivity index (χ4n) is 2.35. The first-order chi connectivity index (χ1) is 11.2. The zero-order chi connectivity index (χ0) is 16.2. The van der Waals surface area contributed by atoms with Crippen molar-refractivity contribution >= 4 is 22.7 Å². The molecule has 0 bridgehead atoms. The largest absolute Gasteiger partial charge is 0.449 e. The maximum Gasteiger partial charge on any atom is 0.411 e. The van der Waals surface area contributed by atoms with Crippen LogP contribution in [0.3, 0.4) is 0 Å². The van der Waals surface area contributed by atoms with E-state index in [0.29, 0.717) is 18.0 Å². The van der Waals surface area contributed by atoms with Crippen LogP contribution < -0.4 is 5.32 Å². The third-order valence-corrected chi connectivity index (χ3v) is 3.44. The lowest BCUT2D eigenvalue weighted by atomic mass is 10.1. The van der Waals surface area contributed by atoms with E-state index in [1.165, 1.54) is 0 Å². The second kappa shape index (κ2) is 6.48. The first-order valence-electron chi connectivity index (χ1n) is 7.50. The van der Waals surface area contributed by atoms with Gasteiger partial charge in [-0.2, -0.15) is 0 Å². The Kier molecular flexibility index (Phi) is 4.23. The maximum atomic E-state index is 11.9. The van der Waals surface area contributed by atoms with E-state index in [0.717, 1.165) is 23.1 Å². The molecule has 6 nitrogen and oxygen atoms in total. The number of nitrogens with one attached hydrogen (secondary N) is 1. The van der Waals surface area contributed by atoms with Crippen LogP contribution in [0.25, 0.3) is 22.4 Å². The Morgan fingerprint density at radius 3 is 2.91 bits per heavy atom. The van der Waals surface area contributed by atoms with E-state index in [4.69, 9.17) is 4.74 Å². The van der Waals surface area contributed by atoms with Crippen molar-refractivity contribution in [2.75, 3.05) is 11.9 Å². The molecule has 3 rings (SSSR count). The Morgan fingerprint density at radius 1 is 1.35 bits per heavy atom. The molecule has 0 saturated carbocycles. The average Bonchev–Trinajstić information content (AvgIpc) is 2.99. The zero-order valence-corrected chi connectivity index (χ0v) is 13.1. The van der Waals surface area contributed by atoms with Crippen LogP contribution in [-0.4, -0.2) is 27.2 Å². The molecule has 0 radical (unpaired) electrons. The molecular weight excluding hydrogens is 292 g/mol. The van der Waals surface area contributed by atoms with Gasteiger partial charge in [-0.15, -0.1) is 0 Å². The highest BCUT2D eigenvalue weighted by Crippen LogP contribution is 2.27. The summed E-state index contributed by atoms with van der Waals surface area (Å²) >= 11 is 0. The summed E-state index contributed by atoms with van der Waals surface area (Å²) in [6.07, 6.45) is 3.89. The Balaban J connectivity index is 2.04. The number of anilines is 1.